The quantitative estimate of drug-likeness (QED) is 0.869. The van der Waals surface area contributed by atoms with Crippen molar-refractivity contribution in [2.24, 2.45) is 0 Å². The molecule has 1 aromatic carbocycles. The fourth-order valence-corrected chi connectivity index (χ4v) is 3.10. The van der Waals surface area contributed by atoms with E-state index in [1.807, 2.05) is 39.0 Å². The van der Waals surface area contributed by atoms with Gasteiger partial charge >= 0.3 is 5.97 Å². The van der Waals surface area contributed by atoms with Gasteiger partial charge in [-0.15, -0.1) is 0 Å². The molecule has 0 radical (unpaired) electrons. The molecule has 27 heavy (non-hydrogen) atoms. The highest BCUT2D eigenvalue weighted by Gasteiger charge is 2.32. The zero-order chi connectivity index (χ0) is 19.8. The fraction of sp³-hybridized carbons (Fsp3) is 0.421. The molecule has 2 aromatic rings. The van der Waals surface area contributed by atoms with Crippen LogP contribution in [0.1, 0.15) is 31.1 Å². The third kappa shape index (κ3) is 3.99. The Morgan fingerprint density at radius 1 is 1.30 bits per heavy atom. The monoisotopic (exact) mass is 391 g/mol. The van der Waals surface area contributed by atoms with E-state index >= 15 is 0 Å². The topological polar surface area (TPSA) is 84.7 Å². The van der Waals surface area contributed by atoms with Crippen LogP contribution in [0.25, 0.3) is 11.3 Å². The number of morpholine rings is 1. The summed E-state index contributed by atoms with van der Waals surface area (Å²) in [6.45, 7) is 6.46. The van der Waals surface area contributed by atoms with Gasteiger partial charge in [0.05, 0.1) is 29.3 Å². The van der Waals surface area contributed by atoms with E-state index in [-0.39, 0.29) is 24.6 Å². The van der Waals surface area contributed by atoms with E-state index in [4.69, 9.17) is 16.3 Å². The Labute approximate surface area is 162 Å². The summed E-state index contributed by atoms with van der Waals surface area (Å²) >= 11 is 6.34. The van der Waals surface area contributed by atoms with Gasteiger partial charge in [0.15, 0.2) is 6.10 Å². The third-order valence-corrected chi connectivity index (χ3v) is 4.72. The van der Waals surface area contributed by atoms with Crippen molar-refractivity contribution in [2.75, 3.05) is 19.7 Å². The molecule has 1 aliphatic rings. The zero-order valence-corrected chi connectivity index (χ0v) is 16.2. The van der Waals surface area contributed by atoms with Crippen molar-refractivity contribution in [1.82, 2.24) is 14.7 Å². The van der Waals surface area contributed by atoms with Gasteiger partial charge in [-0.3, -0.25) is 9.48 Å². The first-order valence-electron chi connectivity index (χ1n) is 8.67. The maximum absolute atomic E-state index is 13.2. The molecule has 0 aliphatic carbocycles. The minimum absolute atomic E-state index is 0.00315. The molecule has 1 atom stereocenters. The maximum Gasteiger partial charge on any atom is 0.334 e. The van der Waals surface area contributed by atoms with Crippen molar-refractivity contribution >= 4 is 23.5 Å². The Hall–Kier alpha value is -2.38. The number of halogens is 1. The lowest BCUT2D eigenvalue weighted by Crippen LogP contribution is -2.48. The number of rotatable bonds is 3. The Morgan fingerprint density at radius 3 is 2.63 bits per heavy atom. The van der Waals surface area contributed by atoms with E-state index in [9.17, 15) is 14.7 Å². The minimum Gasteiger partial charge on any atom is -0.479 e. The molecule has 1 saturated heterocycles. The number of aromatic nitrogens is 2. The summed E-state index contributed by atoms with van der Waals surface area (Å²) in [4.78, 5) is 25.9. The highest BCUT2D eigenvalue weighted by molar-refractivity contribution is 6.33. The summed E-state index contributed by atoms with van der Waals surface area (Å²) in [7, 11) is 0. The molecule has 1 fully saturated rings. The standard InChI is InChI=1S/C19H22ClN3O4/c1-19(2,3)23-10-13(16(21-23)12-6-4-5-7-14(12)20)17(24)22-8-9-27-15(11-22)18(25)26/h4-7,10,15H,8-9,11H2,1-3H3,(H,25,26). The first-order valence-corrected chi connectivity index (χ1v) is 9.05. The van der Waals surface area contributed by atoms with Crippen molar-refractivity contribution in [3.8, 4) is 11.3 Å². The lowest BCUT2D eigenvalue weighted by molar-refractivity contribution is -0.154. The minimum atomic E-state index is -1.08. The SMILES string of the molecule is CC(C)(C)n1cc(C(=O)N2CCOC(C(=O)O)C2)c(-c2ccccc2Cl)n1. The lowest BCUT2D eigenvalue weighted by Gasteiger charge is -2.30. The highest BCUT2D eigenvalue weighted by atomic mass is 35.5. The first-order chi connectivity index (χ1) is 12.7. The van der Waals surface area contributed by atoms with E-state index in [1.165, 1.54) is 4.90 Å². The second-order valence-electron chi connectivity index (χ2n) is 7.44. The molecule has 1 unspecified atom stereocenters. The average Bonchev–Trinajstić information content (AvgIpc) is 3.07. The number of benzene rings is 1. The number of amides is 1. The van der Waals surface area contributed by atoms with Crippen LogP contribution in [0, 0.1) is 0 Å². The van der Waals surface area contributed by atoms with Crippen molar-refractivity contribution < 1.29 is 19.4 Å². The van der Waals surface area contributed by atoms with E-state index in [1.54, 1.807) is 16.9 Å². The zero-order valence-electron chi connectivity index (χ0n) is 15.5. The Bertz CT molecular complexity index is 872. The number of nitrogens with zero attached hydrogens (tertiary/aromatic N) is 3. The highest BCUT2D eigenvalue weighted by Crippen LogP contribution is 2.31. The Balaban J connectivity index is 2.03. The molecule has 7 nitrogen and oxygen atoms in total. The molecule has 1 aliphatic heterocycles. The number of carbonyl (C=O) groups excluding carboxylic acids is 1. The Kier molecular flexibility index (Phi) is 5.26. The molecule has 8 heteroatoms. The van der Waals surface area contributed by atoms with Crippen LogP contribution in [0.2, 0.25) is 5.02 Å². The number of carboxylic acid groups (broad SMARTS) is 1. The lowest BCUT2D eigenvalue weighted by atomic mass is 10.1. The summed E-state index contributed by atoms with van der Waals surface area (Å²) in [5.41, 5.74) is 1.21. The van der Waals surface area contributed by atoms with E-state index in [2.05, 4.69) is 5.10 Å². The summed E-state index contributed by atoms with van der Waals surface area (Å²) in [6.07, 6.45) is 0.677. The van der Waals surface area contributed by atoms with Crippen LogP contribution in [-0.2, 0) is 15.1 Å². The van der Waals surface area contributed by atoms with Gasteiger partial charge in [-0.05, 0) is 26.8 Å². The number of hydrogen-bond acceptors (Lipinski definition) is 4. The first kappa shape index (κ1) is 19.4. The largest absolute Gasteiger partial charge is 0.479 e. The molecule has 0 spiro atoms. The predicted molar refractivity (Wildman–Crippen MR) is 101 cm³/mol. The molecule has 3 rings (SSSR count). The van der Waals surface area contributed by atoms with Gasteiger partial charge in [0.2, 0.25) is 0 Å². The van der Waals surface area contributed by atoms with Gasteiger partial charge in [0.1, 0.15) is 5.69 Å². The van der Waals surface area contributed by atoms with E-state index < -0.39 is 12.1 Å². The van der Waals surface area contributed by atoms with Gasteiger partial charge in [-0.1, -0.05) is 29.8 Å². The number of aliphatic carboxylic acids is 1. The van der Waals surface area contributed by atoms with Crippen LogP contribution < -0.4 is 0 Å². The van der Waals surface area contributed by atoms with Crippen LogP contribution in [-0.4, -0.2) is 57.5 Å². The van der Waals surface area contributed by atoms with Crippen LogP contribution in [0.15, 0.2) is 30.5 Å². The average molecular weight is 392 g/mol. The van der Waals surface area contributed by atoms with Crippen LogP contribution in [0.3, 0.4) is 0 Å². The van der Waals surface area contributed by atoms with Gasteiger partial charge in [0.25, 0.3) is 5.91 Å². The second kappa shape index (κ2) is 7.32. The van der Waals surface area contributed by atoms with Crippen LogP contribution in [0.5, 0.6) is 0 Å². The summed E-state index contributed by atoms with van der Waals surface area (Å²) in [6, 6.07) is 7.21. The summed E-state index contributed by atoms with van der Waals surface area (Å²) in [5.74, 6) is -1.36. The molecule has 1 aromatic heterocycles. The molecular formula is C19H22ClN3O4. The van der Waals surface area contributed by atoms with Gasteiger partial charge in [-0.25, -0.2) is 4.79 Å². The van der Waals surface area contributed by atoms with E-state index in [0.717, 1.165) is 0 Å². The molecule has 0 bridgehead atoms. The molecule has 2 heterocycles. The molecule has 1 N–H and O–H groups in total. The predicted octanol–water partition coefficient (Wildman–Crippen LogP) is 2.88. The number of ether oxygens (including phenoxy) is 1. The normalized spacial score (nSPS) is 17.8. The second-order valence-corrected chi connectivity index (χ2v) is 7.84. The fourth-order valence-electron chi connectivity index (χ4n) is 2.88. The van der Waals surface area contributed by atoms with Crippen molar-refractivity contribution in [1.29, 1.82) is 0 Å². The van der Waals surface area contributed by atoms with Gasteiger partial charge in [0, 0.05) is 18.3 Å². The summed E-state index contributed by atoms with van der Waals surface area (Å²) in [5, 5.41) is 14.3. The maximum atomic E-state index is 13.2. The van der Waals surface area contributed by atoms with Gasteiger partial charge in [-0.2, -0.15) is 5.10 Å². The molecule has 144 valence electrons. The van der Waals surface area contributed by atoms with Crippen molar-refractivity contribution in [3.63, 3.8) is 0 Å². The Morgan fingerprint density at radius 2 is 2.00 bits per heavy atom. The molecular weight excluding hydrogens is 370 g/mol. The summed E-state index contributed by atoms with van der Waals surface area (Å²) < 4.78 is 6.94. The molecule has 0 saturated carbocycles. The number of carbonyl (C=O) groups is 2. The van der Waals surface area contributed by atoms with Crippen LogP contribution in [0.4, 0.5) is 0 Å². The third-order valence-electron chi connectivity index (χ3n) is 4.39. The number of carboxylic acids is 1. The van der Waals surface area contributed by atoms with E-state index in [0.29, 0.717) is 28.4 Å². The van der Waals surface area contributed by atoms with Crippen molar-refractivity contribution in [2.45, 2.75) is 32.4 Å². The smallest absolute Gasteiger partial charge is 0.334 e. The molecule has 1 amide bonds. The van der Waals surface area contributed by atoms with Gasteiger partial charge < -0.3 is 14.7 Å². The number of hydrogen-bond donors (Lipinski definition) is 1. The van der Waals surface area contributed by atoms with Crippen molar-refractivity contribution in [3.05, 3.63) is 41.0 Å². The van der Waals surface area contributed by atoms with Crippen LogP contribution >= 0.6 is 11.6 Å².